The van der Waals surface area contributed by atoms with Crippen LogP contribution in [0.5, 0.6) is 11.5 Å². The van der Waals surface area contributed by atoms with Crippen molar-refractivity contribution < 1.29 is 13.6 Å². The zero-order chi connectivity index (χ0) is 21.4. The van der Waals surface area contributed by atoms with Crippen LogP contribution in [0.25, 0.3) is 0 Å². The van der Waals surface area contributed by atoms with E-state index in [2.05, 4.69) is 67.7 Å². The molecule has 1 aromatic carbocycles. The highest BCUT2D eigenvalue weighted by Crippen LogP contribution is 2.41. The van der Waals surface area contributed by atoms with E-state index in [1.165, 1.54) is 0 Å². The molecule has 0 aliphatic rings. The van der Waals surface area contributed by atoms with Gasteiger partial charge in [-0.1, -0.05) is 41.5 Å². The van der Waals surface area contributed by atoms with E-state index in [-0.39, 0.29) is 16.0 Å². The van der Waals surface area contributed by atoms with E-state index in [0.29, 0.717) is 11.3 Å². The number of rotatable bonds is 5. The first-order valence-electron chi connectivity index (χ1n) is 9.63. The molecule has 0 aliphatic heterocycles. The van der Waals surface area contributed by atoms with Gasteiger partial charge in [0, 0.05) is 20.2 Å². The fourth-order valence-corrected chi connectivity index (χ4v) is 3.99. The molecule has 27 heavy (non-hydrogen) atoms. The number of hydrogen-bond acceptors (Lipinski definition) is 3. The second-order valence-electron chi connectivity index (χ2n) is 10.6. The standard InChI is InChI=1S/C21H39NO3Si2/c1-20(2,3)26(9,10)24-16-13-14-17(19(23)22(7)8)18(15-16)25-27(11,12)21(4,5)6/h13-15H,1-12H3. The Morgan fingerprint density at radius 3 is 1.70 bits per heavy atom. The second-order valence-corrected chi connectivity index (χ2v) is 20.0. The molecule has 0 atom stereocenters. The minimum Gasteiger partial charge on any atom is -0.543 e. The summed E-state index contributed by atoms with van der Waals surface area (Å²) >= 11 is 0. The maximum absolute atomic E-state index is 12.7. The highest BCUT2D eigenvalue weighted by molar-refractivity contribution is 6.75. The third-order valence-corrected chi connectivity index (χ3v) is 14.6. The van der Waals surface area contributed by atoms with Gasteiger partial charge in [-0.2, -0.15) is 0 Å². The number of benzene rings is 1. The van der Waals surface area contributed by atoms with Crippen molar-refractivity contribution in [3.63, 3.8) is 0 Å². The van der Waals surface area contributed by atoms with Gasteiger partial charge < -0.3 is 13.8 Å². The summed E-state index contributed by atoms with van der Waals surface area (Å²) in [6, 6.07) is 5.65. The van der Waals surface area contributed by atoms with Gasteiger partial charge in [0.15, 0.2) is 0 Å². The van der Waals surface area contributed by atoms with Crippen LogP contribution < -0.4 is 8.85 Å². The van der Waals surface area contributed by atoms with Crippen LogP contribution in [0.3, 0.4) is 0 Å². The summed E-state index contributed by atoms with van der Waals surface area (Å²) in [4.78, 5) is 14.3. The Morgan fingerprint density at radius 1 is 0.852 bits per heavy atom. The molecule has 154 valence electrons. The first-order chi connectivity index (χ1) is 11.9. The molecule has 0 fully saturated rings. The Hall–Kier alpha value is -1.28. The number of carbonyl (C=O) groups is 1. The number of nitrogens with zero attached hydrogens (tertiary/aromatic N) is 1. The van der Waals surface area contributed by atoms with E-state index in [4.69, 9.17) is 8.85 Å². The van der Waals surface area contributed by atoms with Gasteiger partial charge in [0.1, 0.15) is 11.5 Å². The Bertz CT molecular complexity index is 684. The van der Waals surface area contributed by atoms with Crippen molar-refractivity contribution >= 4 is 22.5 Å². The zero-order valence-electron chi connectivity index (χ0n) is 19.4. The van der Waals surface area contributed by atoms with Gasteiger partial charge in [-0.3, -0.25) is 4.79 Å². The topological polar surface area (TPSA) is 38.8 Å². The molecule has 6 heteroatoms. The average Bonchev–Trinajstić information content (AvgIpc) is 2.43. The van der Waals surface area contributed by atoms with E-state index in [1.54, 1.807) is 19.0 Å². The van der Waals surface area contributed by atoms with Crippen molar-refractivity contribution in [3.05, 3.63) is 23.8 Å². The molecule has 1 amide bonds. The highest BCUT2D eigenvalue weighted by atomic mass is 28.4. The second kappa shape index (κ2) is 7.62. The number of hydrogen-bond donors (Lipinski definition) is 0. The van der Waals surface area contributed by atoms with Crippen LogP contribution in [-0.2, 0) is 0 Å². The molecule has 1 aromatic rings. The van der Waals surface area contributed by atoms with E-state index in [1.807, 2.05) is 18.2 Å². The Balaban J connectivity index is 3.41. The Labute approximate surface area is 168 Å². The number of carbonyl (C=O) groups excluding carboxylic acids is 1. The first kappa shape index (κ1) is 23.8. The Kier molecular flexibility index (Phi) is 6.71. The summed E-state index contributed by atoms with van der Waals surface area (Å²) in [5.74, 6) is 1.37. The molecule has 0 saturated heterocycles. The lowest BCUT2D eigenvalue weighted by Crippen LogP contribution is -2.45. The SMILES string of the molecule is CN(C)C(=O)c1ccc(O[Si](C)(C)C(C)(C)C)cc1O[Si](C)(C)C(C)(C)C. The minimum atomic E-state index is -2.09. The molecule has 0 N–H and O–H groups in total. The summed E-state index contributed by atoms with van der Waals surface area (Å²) in [6.07, 6.45) is 0. The maximum Gasteiger partial charge on any atom is 0.257 e. The monoisotopic (exact) mass is 409 g/mol. The van der Waals surface area contributed by atoms with Crippen LogP contribution in [0.15, 0.2) is 18.2 Å². The van der Waals surface area contributed by atoms with Crippen LogP contribution in [0.4, 0.5) is 0 Å². The van der Waals surface area contributed by atoms with Crippen molar-refractivity contribution in [1.29, 1.82) is 0 Å². The van der Waals surface area contributed by atoms with Gasteiger partial charge in [-0.05, 0) is 48.4 Å². The van der Waals surface area contributed by atoms with E-state index in [9.17, 15) is 4.79 Å². The fraction of sp³-hybridized carbons (Fsp3) is 0.667. The van der Waals surface area contributed by atoms with Crippen LogP contribution in [-0.4, -0.2) is 41.5 Å². The minimum absolute atomic E-state index is 0.0434. The predicted octanol–water partition coefficient (Wildman–Crippen LogP) is 6.16. The number of amides is 1. The molecule has 0 heterocycles. The Morgan fingerprint density at radius 2 is 1.30 bits per heavy atom. The van der Waals surface area contributed by atoms with Crippen LogP contribution in [0.1, 0.15) is 51.9 Å². The van der Waals surface area contributed by atoms with E-state index in [0.717, 1.165) is 5.75 Å². The molecule has 0 aliphatic carbocycles. The molecule has 4 nitrogen and oxygen atoms in total. The summed E-state index contributed by atoms with van der Waals surface area (Å²) in [7, 11) is -0.536. The van der Waals surface area contributed by atoms with Crippen LogP contribution in [0, 0.1) is 0 Å². The largest absolute Gasteiger partial charge is 0.543 e. The van der Waals surface area contributed by atoms with Gasteiger partial charge >= 0.3 is 0 Å². The summed E-state index contributed by atoms with van der Waals surface area (Å²) < 4.78 is 13.0. The third-order valence-electron chi connectivity index (χ3n) is 5.94. The lowest BCUT2D eigenvalue weighted by Gasteiger charge is -2.38. The highest BCUT2D eigenvalue weighted by Gasteiger charge is 2.41. The van der Waals surface area contributed by atoms with Gasteiger partial charge in [0.2, 0.25) is 8.32 Å². The molecule has 0 unspecified atom stereocenters. The van der Waals surface area contributed by atoms with Crippen molar-refractivity contribution in [1.82, 2.24) is 4.90 Å². The van der Waals surface area contributed by atoms with E-state index < -0.39 is 16.6 Å². The molecule has 0 bridgehead atoms. The molecule has 0 aromatic heterocycles. The van der Waals surface area contributed by atoms with Crippen molar-refractivity contribution in [2.75, 3.05) is 14.1 Å². The smallest absolute Gasteiger partial charge is 0.257 e. The van der Waals surface area contributed by atoms with Gasteiger partial charge in [0.25, 0.3) is 14.2 Å². The predicted molar refractivity (Wildman–Crippen MR) is 120 cm³/mol. The third kappa shape index (κ3) is 5.61. The quantitative estimate of drug-likeness (QED) is 0.547. The maximum atomic E-state index is 12.7. The first-order valence-corrected chi connectivity index (χ1v) is 15.4. The van der Waals surface area contributed by atoms with Crippen LogP contribution >= 0.6 is 0 Å². The molecular formula is C21H39NO3Si2. The zero-order valence-corrected chi connectivity index (χ0v) is 21.4. The molecular weight excluding hydrogens is 370 g/mol. The lowest BCUT2D eigenvalue weighted by atomic mass is 10.1. The average molecular weight is 410 g/mol. The van der Waals surface area contributed by atoms with Gasteiger partial charge in [-0.25, -0.2) is 0 Å². The van der Waals surface area contributed by atoms with Gasteiger partial charge in [0.05, 0.1) is 5.56 Å². The van der Waals surface area contributed by atoms with Crippen molar-refractivity contribution in [3.8, 4) is 11.5 Å². The van der Waals surface area contributed by atoms with E-state index >= 15 is 0 Å². The van der Waals surface area contributed by atoms with Gasteiger partial charge in [-0.15, -0.1) is 0 Å². The summed E-state index contributed by atoms with van der Waals surface area (Å²) in [5, 5.41) is 0.146. The lowest BCUT2D eigenvalue weighted by molar-refractivity contribution is 0.0825. The van der Waals surface area contributed by atoms with Crippen LogP contribution in [0.2, 0.25) is 36.3 Å². The molecule has 0 radical (unpaired) electrons. The summed E-state index contributed by atoms with van der Waals surface area (Å²) in [6.45, 7) is 22.1. The fourth-order valence-electron chi connectivity index (χ4n) is 1.94. The van der Waals surface area contributed by atoms with Crippen molar-refractivity contribution in [2.24, 2.45) is 0 Å². The summed E-state index contributed by atoms with van der Waals surface area (Å²) in [5.41, 5.74) is 0.590. The molecule has 0 saturated carbocycles. The molecule has 0 spiro atoms. The normalized spacial score (nSPS) is 13.3. The molecule has 1 rings (SSSR count). The van der Waals surface area contributed by atoms with Crippen molar-refractivity contribution in [2.45, 2.75) is 77.8 Å².